The van der Waals surface area contributed by atoms with Gasteiger partial charge in [0.1, 0.15) is 11.8 Å². The summed E-state index contributed by atoms with van der Waals surface area (Å²) in [6.45, 7) is 0. The topological polar surface area (TPSA) is 102 Å². The van der Waals surface area contributed by atoms with Crippen molar-refractivity contribution in [3.8, 4) is 23.0 Å². The second-order valence-electron chi connectivity index (χ2n) is 7.00. The average Bonchev–Trinajstić information content (AvgIpc) is 3.26. The van der Waals surface area contributed by atoms with Crippen LogP contribution in [0.25, 0.3) is 11.3 Å². The van der Waals surface area contributed by atoms with Gasteiger partial charge in [-0.25, -0.2) is 0 Å². The van der Waals surface area contributed by atoms with Crippen LogP contribution in [0.15, 0.2) is 48.8 Å². The number of nitrogens with zero attached hydrogens (tertiary/aromatic N) is 3. The van der Waals surface area contributed by atoms with E-state index in [4.69, 9.17) is 9.47 Å². The molecule has 150 valence electrons. The van der Waals surface area contributed by atoms with Gasteiger partial charge in [0.15, 0.2) is 0 Å². The van der Waals surface area contributed by atoms with Crippen molar-refractivity contribution in [1.29, 1.82) is 0 Å². The number of methoxy groups -OCH3 is 1. The molecular weight excluding hydrogens is 370 g/mol. The molecule has 0 bridgehead atoms. The van der Waals surface area contributed by atoms with Gasteiger partial charge in [0.2, 0.25) is 11.8 Å². The molecule has 8 nitrogen and oxygen atoms in total. The Balaban J connectivity index is 1.28. The molecule has 0 spiro atoms. The van der Waals surface area contributed by atoms with Crippen LogP contribution in [-0.2, 0) is 0 Å². The lowest BCUT2D eigenvalue weighted by molar-refractivity contribution is 0.0884. The number of carbonyl (C=O) groups is 1. The summed E-state index contributed by atoms with van der Waals surface area (Å²) >= 11 is 0. The molecule has 1 saturated carbocycles. The van der Waals surface area contributed by atoms with E-state index in [9.17, 15) is 4.79 Å². The van der Waals surface area contributed by atoms with Crippen molar-refractivity contribution in [3.05, 3.63) is 54.5 Å². The third kappa shape index (κ3) is 4.71. The van der Waals surface area contributed by atoms with E-state index in [-0.39, 0.29) is 18.1 Å². The minimum atomic E-state index is -0.136. The molecule has 1 amide bonds. The second-order valence-corrected chi connectivity index (χ2v) is 7.00. The third-order valence-corrected chi connectivity index (χ3v) is 4.99. The fourth-order valence-electron chi connectivity index (χ4n) is 3.44. The molecule has 1 aliphatic carbocycles. The molecule has 0 saturated heterocycles. The predicted octanol–water partition coefficient (Wildman–Crippen LogP) is 3.00. The molecular formula is C21H23N5O3. The largest absolute Gasteiger partial charge is 0.480 e. The molecule has 2 heterocycles. The monoisotopic (exact) mass is 393 g/mol. The van der Waals surface area contributed by atoms with Crippen LogP contribution in [0.5, 0.6) is 11.8 Å². The normalized spacial score (nSPS) is 18.8. The maximum Gasteiger partial charge on any atom is 0.269 e. The summed E-state index contributed by atoms with van der Waals surface area (Å²) in [6, 6.07) is 11.7. The lowest BCUT2D eigenvalue weighted by atomic mass is 9.93. The van der Waals surface area contributed by atoms with E-state index in [1.807, 2.05) is 30.3 Å². The summed E-state index contributed by atoms with van der Waals surface area (Å²) in [5.41, 5.74) is 2.20. The number of rotatable bonds is 6. The Hall–Kier alpha value is -3.42. The van der Waals surface area contributed by atoms with Gasteiger partial charge in [0.25, 0.3) is 5.91 Å². The molecule has 0 atom stereocenters. The van der Waals surface area contributed by atoms with E-state index in [1.54, 1.807) is 19.4 Å². The number of ether oxygens (including phenoxy) is 2. The first kappa shape index (κ1) is 18.9. The summed E-state index contributed by atoms with van der Waals surface area (Å²) in [6.07, 6.45) is 6.53. The van der Waals surface area contributed by atoms with E-state index in [0.29, 0.717) is 17.5 Å². The van der Waals surface area contributed by atoms with Crippen LogP contribution in [0.1, 0.15) is 36.2 Å². The maximum absolute atomic E-state index is 12.6. The van der Waals surface area contributed by atoms with Crippen LogP contribution in [0.3, 0.4) is 0 Å². The molecule has 2 aromatic heterocycles. The number of aromatic amines is 1. The fraction of sp³-hybridized carbons (Fsp3) is 0.333. The lowest BCUT2D eigenvalue weighted by Crippen LogP contribution is -2.39. The van der Waals surface area contributed by atoms with Crippen molar-refractivity contribution in [2.24, 2.45) is 0 Å². The number of hydrogen-bond donors (Lipinski definition) is 2. The van der Waals surface area contributed by atoms with Gasteiger partial charge in [-0.1, -0.05) is 30.3 Å². The summed E-state index contributed by atoms with van der Waals surface area (Å²) in [5.74, 6) is 0.753. The average molecular weight is 393 g/mol. The number of benzene rings is 1. The van der Waals surface area contributed by atoms with Crippen molar-refractivity contribution in [3.63, 3.8) is 0 Å². The SMILES string of the molecule is COc1cncc(OC2CCC(NC(=O)c3cc(-c4ccccc4)n[nH]3)CC2)n1. The highest BCUT2D eigenvalue weighted by Gasteiger charge is 2.25. The number of amides is 1. The Morgan fingerprint density at radius 2 is 1.86 bits per heavy atom. The molecule has 0 radical (unpaired) electrons. The molecule has 8 heteroatoms. The smallest absolute Gasteiger partial charge is 0.269 e. The highest BCUT2D eigenvalue weighted by atomic mass is 16.5. The Bertz CT molecular complexity index is 952. The summed E-state index contributed by atoms with van der Waals surface area (Å²) < 4.78 is 11.0. The van der Waals surface area contributed by atoms with Crippen LogP contribution in [0, 0.1) is 0 Å². The zero-order valence-corrected chi connectivity index (χ0v) is 16.2. The van der Waals surface area contributed by atoms with Crippen molar-refractivity contribution < 1.29 is 14.3 Å². The van der Waals surface area contributed by atoms with E-state index in [2.05, 4.69) is 25.5 Å². The molecule has 29 heavy (non-hydrogen) atoms. The Morgan fingerprint density at radius 1 is 1.10 bits per heavy atom. The van der Waals surface area contributed by atoms with E-state index < -0.39 is 0 Å². The van der Waals surface area contributed by atoms with Crippen molar-refractivity contribution in [2.75, 3.05) is 7.11 Å². The first-order valence-electron chi connectivity index (χ1n) is 9.65. The molecule has 0 unspecified atom stereocenters. The molecule has 1 aromatic carbocycles. The molecule has 1 aliphatic rings. The van der Waals surface area contributed by atoms with E-state index in [1.165, 1.54) is 6.20 Å². The molecule has 1 fully saturated rings. The van der Waals surface area contributed by atoms with Gasteiger partial charge in [-0.3, -0.25) is 14.9 Å². The minimum Gasteiger partial charge on any atom is -0.480 e. The van der Waals surface area contributed by atoms with Crippen molar-refractivity contribution in [2.45, 2.75) is 37.8 Å². The van der Waals surface area contributed by atoms with Gasteiger partial charge < -0.3 is 14.8 Å². The van der Waals surface area contributed by atoms with Crippen LogP contribution in [0.2, 0.25) is 0 Å². The van der Waals surface area contributed by atoms with Gasteiger partial charge in [0.05, 0.1) is 25.2 Å². The lowest BCUT2D eigenvalue weighted by Gasteiger charge is -2.29. The maximum atomic E-state index is 12.6. The number of H-pyrrole nitrogens is 1. The van der Waals surface area contributed by atoms with Gasteiger partial charge in [-0.2, -0.15) is 10.1 Å². The molecule has 2 N–H and O–H groups in total. The van der Waals surface area contributed by atoms with Gasteiger partial charge in [-0.15, -0.1) is 0 Å². The molecule has 0 aliphatic heterocycles. The standard InChI is InChI=1S/C21H23N5O3/c1-28-19-12-22-13-20(24-19)29-16-9-7-15(8-10-16)23-21(27)18-11-17(25-26-18)14-5-3-2-4-6-14/h2-6,11-13,15-16H,7-10H2,1H3,(H,23,27)(H,25,26). The molecule has 4 rings (SSSR count). The number of carbonyl (C=O) groups excluding carboxylic acids is 1. The van der Waals surface area contributed by atoms with Gasteiger partial charge >= 0.3 is 0 Å². The predicted molar refractivity (Wildman–Crippen MR) is 107 cm³/mol. The first-order valence-corrected chi connectivity index (χ1v) is 9.65. The molecule has 3 aromatic rings. The summed E-state index contributed by atoms with van der Waals surface area (Å²) in [4.78, 5) is 20.8. The fourth-order valence-corrected chi connectivity index (χ4v) is 3.44. The summed E-state index contributed by atoms with van der Waals surface area (Å²) in [5, 5.41) is 10.2. The van der Waals surface area contributed by atoms with Gasteiger partial charge in [0, 0.05) is 11.6 Å². The van der Waals surface area contributed by atoms with E-state index >= 15 is 0 Å². The Morgan fingerprint density at radius 3 is 2.62 bits per heavy atom. The number of aromatic nitrogens is 4. The minimum absolute atomic E-state index is 0.0568. The highest BCUT2D eigenvalue weighted by molar-refractivity contribution is 5.93. The third-order valence-electron chi connectivity index (χ3n) is 4.99. The number of nitrogens with one attached hydrogen (secondary N) is 2. The van der Waals surface area contributed by atoms with Gasteiger partial charge in [-0.05, 0) is 31.7 Å². The Kier molecular flexibility index (Phi) is 5.69. The van der Waals surface area contributed by atoms with Crippen LogP contribution in [0.4, 0.5) is 0 Å². The quantitative estimate of drug-likeness (QED) is 0.667. The van der Waals surface area contributed by atoms with Crippen molar-refractivity contribution in [1.82, 2.24) is 25.5 Å². The van der Waals surface area contributed by atoms with E-state index in [0.717, 1.165) is 36.9 Å². The van der Waals surface area contributed by atoms with Crippen LogP contribution in [-0.4, -0.2) is 45.3 Å². The Labute approximate surface area is 168 Å². The first-order chi connectivity index (χ1) is 14.2. The number of hydrogen-bond acceptors (Lipinski definition) is 6. The zero-order chi connectivity index (χ0) is 20.1. The zero-order valence-electron chi connectivity index (χ0n) is 16.2. The van der Waals surface area contributed by atoms with Crippen LogP contribution >= 0.6 is 0 Å². The summed E-state index contributed by atoms with van der Waals surface area (Å²) in [7, 11) is 1.55. The van der Waals surface area contributed by atoms with Crippen molar-refractivity contribution >= 4 is 5.91 Å². The highest BCUT2D eigenvalue weighted by Crippen LogP contribution is 2.24. The van der Waals surface area contributed by atoms with Crippen LogP contribution < -0.4 is 14.8 Å². The second kappa shape index (κ2) is 8.72.